The summed E-state index contributed by atoms with van der Waals surface area (Å²) in [6.45, 7) is 8.30. The van der Waals surface area contributed by atoms with Crippen molar-refractivity contribution in [3.63, 3.8) is 0 Å². The van der Waals surface area contributed by atoms with Crippen LogP contribution in [0.2, 0.25) is 0 Å². The molecule has 0 saturated carbocycles. The number of hydrogen-bond donors (Lipinski definition) is 1. The Morgan fingerprint density at radius 1 is 1.28 bits per heavy atom. The molecule has 1 aromatic rings. The lowest BCUT2D eigenvalue weighted by Crippen LogP contribution is -2.18. The zero-order chi connectivity index (χ0) is 13.4. The third-order valence-corrected chi connectivity index (χ3v) is 2.72. The molecule has 0 spiro atoms. The normalized spacial score (nSPS) is 12.4. The van der Waals surface area contributed by atoms with Crippen LogP contribution < -0.4 is 10.5 Å². The van der Waals surface area contributed by atoms with Gasteiger partial charge in [0.05, 0.1) is 6.61 Å². The summed E-state index contributed by atoms with van der Waals surface area (Å²) in [7, 11) is 0. The van der Waals surface area contributed by atoms with E-state index in [1.165, 1.54) is 11.1 Å². The van der Waals surface area contributed by atoms with Gasteiger partial charge >= 0.3 is 0 Å². The van der Waals surface area contributed by atoms with E-state index in [9.17, 15) is 0 Å². The zero-order valence-electron chi connectivity index (χ0n) is 11.7. The van der Waals surface area contributed by atoms with Crippen LogP contribution in [0.4, 0.5) is 0 Å². The monoisotopic (exact) mass is 251 g/mol. The molecular formula is C15H25NO2. The molecule has 3 nitrogen and oxygen atoms in total. The lowest BCUT2D eigenvalue weighted by atomic mass is 10.0. The second-order valence-corrected chi connectivity index (χ2v) is 4.64. The fraction of sp³-hybridized carbons (Fsp3) is 0.600. The van der Waals surface area contributed by atoms with E-state index in [4.69, 9.17) is 15.2 Å². The molecule has 0 aliphatic heterocycles. The van der Waals surface area contributed by atoms with E-state index in [2.05, 4.69) is 25.1 Å². The van der Waals surface area contributed by atoms with E-state index in [1.807, 2.05) is 13.8 Å². The third-order valence-electron chi connectivity index (χ3n) is 2.72. The molecule has 1 rings (SSSR count). The first-order valence-electron chi connectivity index (χ1n) is 6.69. The molecular weight excluding hydrogens is 226 g/mol. The number of benzene rings is 1. The highest BCUT2D eigenvalue weighted by Crippen LogP contribution is 2.24. The van der Waals surface area contributed by atoms with Gasteiger partial charge in [-0.25, -0.2) is 0 Å². The second kappa shape index (κ2) is 8.11. The van der Waals surface area contributed by atoms with Crippen LogP contribution in [0, 0.1) is 6.92 Å². The highest BCUT2D eigenvalue weighted by molar-refractivity contribution is 5.41. The van der Waals surface area contributed by atoms with Gasteiger partial charge in [0.2, 0.25) is 0 Å². The van der Waals surface area contributed by atoms with Crippen LogP contribution in [0.3, 0.4) is 0 Å². The van der Waals surface area contributed by atoms with E-state index in [-0.39, 0.29) is 6.04 Å². The number of rotatable bonds is 8. The highest BCUT2D eigenvalue weighted by Gasteiger charge is 2.08. The largest absolute Gasteiger partial charge is 0.493 e. The smallest absolute Gasteiger partial charge is 0.125 e. The Morgan fingerprint density at radius 2 is 2.06 bits per heavy atom. The Kier molecular flexibility index (Phi) is 6.76. The van der Waals surface area contributed by atoms with Gasteiger partial charge in [0.15, 0.2) is 0 Å². The van der Waals surface area contributed by atoms with Gasteiger partial charge in [0.1, 0.15) is 5.75 Å². The van der Waals surface area contributed by atoms with E-state index < -0.39 is 0 Å². The highest BCUT2D eigenvalue weighted by atomic mass is 16.5. The SMILES string of the molecule is CCOCCCOc1c(C)cccc1CC(C)N. The van der Waals surface area contributed by atoms with Crippen molar-refractivity contribution in [1.82, 2.24) is 0 Å². The van der Waals surface area contributed by atoms with Crippen LogP contribution in [-0.4, -0.2) is 25.9 Å². The first-order valence-corrected chi connectivity index (χ1v) is 6.69. The lowest BCUT2D eigenvalue weighted by molar-refractivity contribution is 0.130. The molecule has 3 heteroatoms. The Bertz CT molecular complexity index is 350. The van der Waals surface area contributed by atoms with E-state index in [0.29, 0.717) is 6.61 Å². The van der Waals surface area contributed by atoms with E-state index in [0.717, 1.165) is 31.8 Å². The van der Waals surface area contributed by atoms with Crippen molar-refractivity contribution in [2.45, 2.75) is 39.7 Å². The van der Waals surface area contributed by atoms with Gasteiger partial charge in [0, 0.05) is 25.7 Å². The molecule has 0 fully saturated rings. The van der Waals surface area contributed by atoms with Gasteiger partial charge in [-0.2, -0.15) is 0 Å². The van der Waals surface area contributed by atoms with Crippen LogP contribution in [0.5, 0.6) is 5.75 Å². The molecule has 0 heterocycles. The minimum atomic E-state index is 0.151. The molecule has 0 bridgehead atoms. The number of hydrogen-bond acceptors (Lipinski definition) is 3. The fourth-order valence-corrected chi connectivity index (χ4v) is 1.91. The van der Waals surface area contributed by atoms with Crippen molar-refractivity contribution in [2.24, 2.45) is 5.73 Å². The summed E-state index contributed by atoms with van der Waals surface area (Å²) in [4.78, 5) is 0. The topological polar surface area (TPSA) is 44.5 Å². The molecule has 0 saturated heterocycles. The van der Waals surface area contributed by atoms with Crippen LogP contribution in [-0.2, 0) is 11.2 Å². The Morgan fingerprint density at radius 3 is 2.72 bits per heavy atom. The summed E-state index contributed by atoms with van der Waals surface area (Å²) in [5.41, 5.74) is 8.23. The fourth-order valence-electron chi connectivity index (χ4n) is 1.91. The average molecular weight is 251 g/mol. The van der Waals surface area contributed by atoms with Crippen molar-refractivity contribution in [2.75, 3.05) is 19.8 Å². The molecule has 0 radical (unpaired) electrons. The van der Waals surface area contributed by atoms with Crippen molar-refractivity contribution in [1.29, 1.82) is 0 Å². The minimum Gasteiger partial charge on any atom is -0.493 e. The molecule has 1 unspecified atom stereocenters. The molecule has 18 heavy (non-hydrogen) atoms. The predicted molar refractivity (Wildman–Crippen MR) is 75.1 cm³/mol. The second-order valence-electron chi connectivity index (χ2n) is 4.64. The number of para-hydroxylation sites is 1. The van der Waals surface area contributed by atoms with Crippen molar-refractivity contribution < 1.29 is 9.47 Å². The molecule has 0 aliphatic carbocycles. The molecule has 0 amide bonds. The predicted octanol–water partition coefficient (Wildman–Crippen LogP) is 2.69. The summed E-state index contributed by atoms with van der Waals surface area (Å²) >= 11 is 0. The summed E-state index contributed by atoms with van der Waals surface area (Å²) in [6, 6.07) is 6.37. The van der Waals surface area contributed by atoms with Crippen LogP contribution >= 0.6 is 0 Å². The lowest BCUT2D eigenvalue weighted by Gasteiger charge is -2.15. The molecule has 1 aromatic carbocycles. The van der Waals surface area contributed by atoms with Crippen LogP contribution in [0.25, 0.3) is 0 Å². The summed E-state index contributed by atoms with van der Waals surface area (Å²) in [6.07, 6.45) is 1.77. The maximum Gasteiger partial charge on any atom is 0.125 e. The van der Waals surface area contributed by atoms with E-state index >= 15 is 0 Å². The number of ether oxygens (including phenoxy) is 2. The van der Waals surface area contributed by atoms with Gasteiger partial charge in [-0.15, -0.1) is 0 Å². The van der Waals surface area contributed by atoms with Crippen LogP contribution in [0.15, 0.2) is 18.2 Å². The molecule has 0 aliphatic rings. The van der Waals surface area contributed by atoms with Crippen LogP contribution in [0.1, 0.15) is 31.4 Å². The Hall–Kier alpha value is -1.06. The van der Waals surface area contributed by atoms with Crippen molar-refractivity contribution in [3.05, 3.63) is 29.3 Å². The van der Waals surface area contributed by atoms with Gasteiger partial charge in [-0.1, -0.05) is 18.2 Å². The van der Waals surface area contributed by atoms with Gasteiger partial charge < -0.3 is 15.2 Å². The first-order chi connectivity index (χ1) is 8.65. The number of aryl methyl sites for hydroxylation is 1. The average Bonchev–Trinajstić information content (AvgIpc) is 2.31. The van der Waals surface area contributed by atoms with Gasteiger partial charge in [0.25, 0.3) is 0 Å². The number of nitrogens with two attached hydrogens (primary N) is 1. The summed E-state index contributed by atoms with van der Waals surface area (Å²) in [5.74, 6) is 0.992. The van der Waals surface area contributed by atoms with Gasteiger partial charge in [-0.05, 0) is 38.3 Å². The molecule has 2 N–H and O–H groups in total. The maximum atomic E-state index is 5.88. The quantitative estimate of drug-likeness (QED) is 0.722. The Labute approximate surface area is 110 Å². The van der Waals surface area contributed by atoms with E-state index in [1.54, 1.807) is 0 Å². The minimum absolute atomic E-state index is 0.151. The molecule has 102 valence electrons. The van der Waals surface area contributed by atoms with Crippen molar-refractivity contribution in [3.8, 4) is 5.75 Å². The standard InChI is InChI=1S/C15H25NO2/c1-4-17-9-6-10-18-15-12(2)7-5-8-14(15)11-13(3)16/h5,7-8,13H,4,6,9-11,16H2,1-3H3. The molecule has 1 atom stereocenters. The van der Waals surface area contributed by atoms with Crippen molar-refractivity contribution >= 4 is 0 Å². The van der Waals surface area contributed by atoms with Gasteiger partial charge in [-0.3, -0.25) is 0 Å². The first kappa shape index (κ1) is 15.0. The zero-order valence-corrected chi connectivity index (χ0v) is 11.7. The Balaban J connectivity index is 2.56. The summed E-state index contributed by atoms with van der Waals surface area (Å²) < 4.78 is 11.2. The maximum absolute atomic E-state index is 5.88. The summed E-state index contributed by atoms with van der Waals surface area (Å²) in [5, 5.41) is 0. The third kappa shape index (κ3) is 5.07. The molecule has 0 aromatic heterocycles.